The molecule has 0 saturated heterocycles. The average Bonchev–Trinajstić information content (AvgIpc) is 2.38. The maximum atomic E-state index is 13.2. The Labute approximate surface area is 102 Å². The normalized spacial score (nSPS) is 10.1. The molecule has 1 heterocycles. The molecule has 2 rings (SSSR count). The van der Waals surface area contributed by atoms with Crippen molar-refractivity contribution in [2.45, 2.75) is 6.54 Å². The lowest BCUT2D eigenvalue weighted by molar-refractivity contribution is 0.0692. The molecule has 0 bridgehead atoms. The zero-order chi connectivity index (χ0) is 13.0. The number of nitrogens with one attached hydrogen (secondary N) is 1. The van der Waals surface area contributed by atoms with Gasteiger partial charge in [0, 0.05) is 30.2 Å². The zero-order valence-corrected chi connectivity index (χ0v) is 9.30. The van der Waals surface area contributed by atoms with Gasteiger partial charge in [0.2, 0.25) is 0 Å². The molecular formula is C12H10FN3O2. The minimum absolute atomic E-state index is 0.357. The van der Waals surface area contributed by atoms with Crippen molar-refractivity contribution in [3.63, 3.8) is 0 Å². The lowest BCUT2D eigenvalue weighted by Gasteiger charge is -2.07. The van der Waals surface area contributed by atoms with Gasteiger partial charge in [-0.25, -0.2) is 19.2 Å². The summed E-state index contributed by atoms with van der Waals surface area (Å²) in [5.74, 6) is -2.05. The number of anilines is 1. The minimum atomic E-state index is -1.29. The van der Waals surface area contributed by atoms with Crippen LogP contribution in [0, 0.1) is 5.82 Å². The number of carbonyl (C=O) groups is 1. The van der Waals surface area contributed by atoms with Crippen LogP contribution < -0.4 is 5.32 Å². The van der Waals surface area contributed by atoms with E-state index in [2.05, 4.69) is 15.3 Å². The maximum Gasteiger partial charge on any atom is 0.338 e. The van der Waals surface area contributed by atoms with E-state index < -0.39 is 11.8 Å². The summed E-state index contributed by atoms with van der Waals surface area (Å²) in [6.07, 6.45) is 4.70. The van der Waals surface area contributed by atoms with Crippen LogP contribution in [-0.4, -0.2) is 21.0 Å². The predicted octanol–water partition coefficient (Wildman–Crippen LogP) is 1.93. The van der Waals surface area contributed by atoms with Gasteiger partial charge in [-0.1, -0.05) is 0 Å². The summed E-state index contributed by atoms with van der Waals surface area (Å²) in [6, 6.07) is 3.85. The second kappa shape index (κ2) is 5.22. The first-order valence-electron chi connectivity index (χ1n) is 5.17. The van der Waals surface area contributed by atoms with E-state index in [-0.39, 0.29) is 5.56 Å². The molecule has 18 heavy (non-hydrogen) atoms. The van der Waals surface area contributed by atoms with E-state index in [9.17, 15) is 9.18 Å². The summed E-state index contributed by atoms with van der Waals surface area (Å²) in [6.45, 7) is 0.436. The van der Waals surface area contributed by atoms with Gasteiger partial charge in [0.1, 0.15) is 12.1 Å². The van der Waals surface area contributed by atoms with Crippen LogP contribution in [0.4, 0.5) is 10.1 Å². The van der Waals surface area contributed by atoms with Gasteiger partial charge in [-0.15, -0.1) is 0 Å². The highest BCUT2D eigenvalue weighted by Gasteiger charge is 2.10. The number of carboxylic acid groups (broad SMARTS) is 1. The van der Waals surface area contributed by atoms with Crippen LogP contribution in [0.1, 0.15) is 15.9 Å². The monoisotopic (exact) mass is 247 g/mol. The van der Waals surface area contributed by atoms with Crippen LogP contribution in [0.15, 0.2) is 36.9 Å². The van der Waals surface area contributed by atoms with Crippen molar-refractivity contribution in [3.05, 3.63) is 53.9 Å². The Morgan fingerprint density at radius 3 is 2.72 bits per heavy atom. The molecule has 0 aliphatic carbocycles. The summed E-state index contributed by atoms with van der Waals surface area (Å²) >= 11 is 0. The number of hydrogen-bond donors (Lipinski definition) is 2. The average molecular weight is 247 g/mol. The van der Waals surface area contributed by atoms with Crippen LogP contribution in [0.2, 0.25) is 0 Å². The Kier molecular flexibility index (Phi) is 3.47. The molecule has 5 nitrogen and oxygen atoms in total. The molecule has 0 radical (unpaired) electrons. The van der Waals surface area contributed by atoms with Crippen molar-refractivity contribution in [1.82, 2.24) is 9.97 Å². The topological polar surface area (TPSA) is 75.1 Å². The Bertz CT molecular complexity index is 561. The van der Waals surface area contributed by atoms with Crippen LogP contribution in [0.3, 0.4) is 0 Å². The molecule has 0 saturated carbocycles. The standard InChI is InChI=1S/C12H10FN3O2/c13-11-2-1-9(3-10(11)12(17)18)16-6-8-4-14-7-15-5-8/h1-5,7,16H,6H2,(H,17,18). The summed E-state index contributed by atoms with van der Waals surface area (Å²) < 4.78 is 13.2. The molecule has 1 aromatic heterocycles. The summed E-state index contributed by atoms with van der Waals surface area (Å²) in [5.41, 5.74) is 1.01. The molecule has 0 unspecified atom stereocenters. The van der Waals surface area contributed by atoms with Crippen LogP contribution in [0.5, 0.6) is 0 Å². The van der Waals surface area contributed by atoms with Crippen molar-refractivity contribution in [3.8, 4) is 0 Å². The molecule has 0 aliphatic rings. The van der Waals surface area contributed by atoms with Gasteiger partial charge in [0.05, 0.1) is 5.56 Å². The molecular weight excluding hydrogens is 237 g/mol. The third-order valence-corrected chi connectivity index (χ3v) is 2.31. The van der Waals surface area contributed by atoms with E-state index in [0.717, 1.165) is 11.6 Å². The zero-order valence-electron chi connectivity index (χ0n) is 9.30. The lowest BCUT2D eigenvalue weighted by atomic mass is 10.2. The lowest BCUT2D eigenvalue weighted by Crippen LogP contribution is -2.04. The predicted molar refractivity (Wildman–Crippen MR) is 62.7 cm³/mol. The molecule has 1 aromatic carbocycles. The van der Waals surface area contributed by atoms with Gasteiger partial charge in [0.15, 0.2) is 0 Å². The smallest absolute Gasteiger partial charge is 0.338 e. The third kappa shape index (κ3) is 2.79. The molecule has 6 heteroatoms. The van der Waals surface area contributed by atoms with Gasteiger partial charge in [-0.3, -0.25) is 0 Å². The fraction of sp³-hybridized carbons (Fsp3) is 0.0833. The fourth-order valence-corrected chi connectivity index (χ4v) is 1.42. The Balaban J connectivity index is 2.11. The Hall–Kier alpha value is -2.50. The minimum Gasteiger partial charge on any atom is -0.478 e. The highest BCUT2D eigenvalue weighted by Crippen LogP contribution is 2.15. The largest absolute Gasteiger partial charge is 0.478 e. The van der Waals surface area contributed by atoms with Gasteiger partial charge < -0.3 is 10.4 Å². The van der Waals surface area contributed by atoms with E-state index in [1.54, 1.807) is 12.4 Å². The van der Waals surface area contributed by atoms with Crippen molar-refractivity contribution in [1.29, 1.82) is 0 Å². The molecule has 2 aromatic rings. The summed E-state index contributed by atoms with van der Waals surface area (Å²) in [4.78, 5) is 18.5. The van der Waals surface area contributed by atoms with Crippen molar-refractivity contribution < 1.29 is 14.3 Å². The van der Waals surface area contributed by atoms with E-state index in [4.69, 9.17) is 5.11 Å². The number of halogens is 1. The first kappa shape index (κ1) is 12.0. The molecule has 0 spiro atoms. The SMILES string of the molecule is O=C(O)c1cc(NCc2cncnc2)ccc1F. The van der Waals surface area contributed by atoms with Crippen LogP contribution in [0.25, 0.3) is 0 Å². The highest BCUT2D eigenvalue weighted by atomic mass is 19.1. The van der Waals surface area contributed by atoms with E-state index in [1.807, 2.05) is 0 Å². The molecule has 0 amide bonds. The van der Waals surface area contributed by atoms with Gasteiger partial charge in [0.25, 0.3) is 0 Å². The Morgan fingerprint density at radius 1 is 1.33 bits per heavy atom. The second-order valence-corrected chi connectivity index (χ2v) is 3.60. The van der Waals surface area contributed by atoms with Crippen molar-refractivity contribution in [2.24, 2.45) is 0 Å². The number of nitrogens with zero attached hydrogens (tertiary/aromatic N) is 2. The quantitative estimate of drug-likeness (QED) is 0.863. The third-order valence-electron chi connectivity index (χ3n) is 2.31. The maximum absolute atomic E-state index is 13.2. The number of rotatable bonds is 4. The fourth-order valence-electron chi connectivity index (χ4n) is 1.42. The van der Waals surface area contributed by atoms with Crippen molar-refractivity contribution in [2.75, 3.05) is 5.32 Å². The molecule has 2 N–H and O–H groups in total. The van der Waals surface area contributed by atoms with Crippen molar-refractivity contribution >= 4 is 11.7 Å². The van der Waals surface area contributed by atoms with E-state index in [0.29, 0.717) is 12.2 Å². The van der Waals surface area contributed by atoms with Crippen LogP contribution in [-0.2, 0) is 6.54 Å². The summed E-state index contributed by atoms with van der Waals surface area (Å²) in [5, 5.41) is 11.8. The van der Waals surface area contributed by atoms with E-state index >= 15 is 0 Å². The number of carboxylic acids is 1. The van der Waals surface area contributed by atoms with Gasteiger partial charge in [-0.05, 0) is 18.2 Å². The Morgan fingerprint density at radius 2 is 2.06 bits per heavy atom. The molecule has 0 aliphatic heterocycles. The number of benzene rings is 1. The van der Waals surface area contributed by atoms with Gasteiger partial charge >= 0.3 is 5.97 Å². The first-order chi connectivity index (χ1) is 8.66. The second-order valence-electron chi connectivity index (χ2n) is 3.60. The highest BCUT2D eigenvalue weighted by molar-refractivity contribution is 5.89. The molecule has 0 fully saturated rings. The van der Waals surface area contributed by atoms with Gasteiger partial charge in [-0.2, -0.15) is 0 Å². The number of aromatic carboxylic acids is 1. The number of aromatic nitrogens is 2. The molecule has 0 atom stereocenters. The van der Waals surface area contributed by atoms with E-state index in [1.165, 1.54) is 18.5 Å². The first-order valence-corrected chi connectivity index (χ1v) is 5.17. The molecule has 92 valence electrons. The number of hydrogen-bond acceptors (Lipinski definition) is 4. The summed E-state index contributed by atoms with van der Waals surface area (Å²) in [7, 11) is 0. The van der Waals surface area contributed by atoms with Crippen LogP contribution >= 0.6 is 0 Å².